The molecule has 3 aliphatic rings. The molecule has 0 aromatic carbocycles. The molecule has 132 valence electrons. The standard InChI is InChI=1S/C17H33N5O/c1-15(23)19-16-13-17(14-16)3-5-20(6-4-17)7-8-21-9-11-22(18-2)12-10-21/h16,18H,3-14H2,1-2H3,(H,19,23). The van der Waals surface area contributed by atoms with E-state index >= 15 is 0 Å². The van der Waals surface area contributed by atoms with Crippen LogP contribution in [-0.4, -0.2) is 86.2 Å². The van der Waals surface area contributed by atoms with E-state index < -0.39 is 0 Å². The third-order valence-electron chi connectivity index (χ3n) is 6.10. The number of hydrogen-bond donors (Lipinski definition) is 2. The summed E-state index contributed by atoms with van der Waals surface area (Å²) in [6, 6.07) is 0.447. The van der Waals surface area contributed by atoms with E-state index in [9.17, 15) is 4.79 Å². The van der Waals surface area contributed by atoms with Gasteiger partial charge < -0.3 is 10.2 Å². The normalized spacial score (nSPS) is 27.0. The highest BCUT2D eigenvalue weighted by Crippen LogP contribution is 2.48. The van der Waals surface area contributed by atoms with E-state index in [0.29, 0.717) is 11.5 Å². The van der Waals surface area contributed by atoms with Gasteiger partial charge in [0.1, 0.15) is 0 Å². The summed E-state index contributed by atoms with van der Waals surface area (Å²) >= 11 is 0. The fraction of sp³-hybridized carbons (Fsp3) is 0.941. The number of piperazine rings is 1. The predicted octanol–water partition coefficient (Wildman–Crippen LogP) is 0.119. The Kier molecular flexibility index (Phi) is 5.57. The van der Waals surface area contributed by atoms with Gasteiger partial charge in [-0.05, 0) is 51.2 Å². The van der Waals surface area contributed by atoms with E-state index in [1.807, 2.05) is 7.05 Å². The lowest BCUT2D eigenvalue weighted by Gasteiger charge is -2.52. The molecule has 1 amide bonds. The number of hydrogen-bond acceptors (Lipinski definition) is 5. The fourth-order valence-corrected chi connectivity index (χ4v) is 4.51. The molecule has 3 fully saturated rings. The zero-order chi connectivity index (χ0) is 16.3. The molecule has 2 saturated heterocycles. The number of rotatable bonds is 5. The van der Waals surface area contributed by atoms with Crippen molar-refractivity contribution in [1.29, 1.82) is 0 Å². The van der Waals surface area contributed by atoms with Crippen molar-refractivity contribution in [2.75, 3.05) is 59.4 Å². The lowest BCUT2D eigenvalue weighted by atomic mass is 9.60. The molecule has 3 rings (SSSR count). The van der Waals surface area contributed by atoms with Gasteiger partial charge in [0.2, 0.25) is 5.91 Å². The maximum atomic E-state index is 11.1. The largest absolute Gasteiger partial charge is 0.354 e. The second-order valence-corrected chi connectivity index (χ2v) is 7.70. The summed E-state index contributed by atoms with van der Waals surface area (Å²) in [5, 5.41) is 5.37. The SMILES string of the molecule is CNN1CCN(CCN2CCC3(CC2)CC(NC(C)=O)C3)CC1. The average molecular weight is 323 g/mol. The minimum absolute atomic E-state index is 0.126. The Hall–Kier alpha value is -0.690. The van der Waals surface area contributed by atoms with Crippen molar-refractivity contribution in [2.45, 2.75) is 38.6 Å². The first-order valence-electron chi connectivity index (χ1n) is 9.23. The highest BCUT2D eigenvalue weighted by Gasteiger charge is 2.45. The van der Waals surface area contributed by atoms with Crippen molar-refractivity contribution in [3.63, 3.8) is 0 Å². The summed E-state index contributed by atoms with van der Waals surface area (Å²) in [4.78, 5) is 16.3. The number of likely N-dealkylation sites (tertiary alicyclic amines) is 1. The first-order valence-corrected chi connectivity index (χ1v) is 9.23. The molecular weight excluding hydrogens is 290 g/mol. The molecule has 0 unspecified atom stereocenters. The van der Waals surface area contributed by atoms with Gasteiger partial charge in [-0.3, -0.25) is 15.1 Å². The quantitative estimate of drug-likeness (QED) is 0.753. The molecule has 0 bridgehead atoms. The van der Waals surface area contributed by atoms with Crippen molar-refractivity contribution in [3.8, 4) is 0 Å². The summed E-state index contributed by atoms with van der Waals surface area (Å²) in [5.41, 5.74) is 3.78. The van der Waals surface area contributed by atoms with Crippen LogP contribution in [0.5, 0.6) is 0 Å². The fourth-order valence-electron chi connectivity index (χ4n) is 4.51. The van der Waals surface area contributed by atoms with E-state index in [0.717, 1.165) is 13.1 Å². The Morgan fingerprint density at radius 3 is 2.09 bits per heavy atom. The van der Waals surface area contributed by atoms with Gasteiger partial charge in [-0.15, -0.1) is 0 Å². The monoisotopic (exact) mass is 323 g/mol. The minimum Gasteiger partial charge on any atom is -0.354 e. The van der Waals surface area contributed by atoms with Gasteiger partial charge in [-0.25, -0.2) is 5.01 Å². The van der Waals surface area contributed by atoms with Gasteiger partial charge in [0.15, 0.2) is 0 Å². The summed E-state index contributed by atoms with van der Waals surface area (Å²) in [5.74, 6) is 0.126. The molecule has 6 heteroatoms. The highest BCUT2D eigenvalue weighted by atomic mass is 16.1. The molecule has 0 aromatic heterocycles. The maximum Gasteiger partial charge on any atom is 0.217 e. The number of piperidine rings is 1. The Bertz CT molecular complexity index is 392. The van der Waals surface area contributed by atoms with Crippen LogP contribution < -0.4 is 10.7 Å². The zero-order valence-electron chi connectivity index (χ0n) is 14.8. The Morgan fingerprint density at radius 2 is 1.57 bits per heavy atom. The molecule has 0 aromatic rings. The van der Waals surface area contributed by atoms with Gasteiger partial charge in [-0.2, -0.15) is 0 Å². The van der Waals surface area contributed by atoms with Crippen LogP contribution in [0.4, 0.5) is 0 Å². The average Bonchev–Trinajstić information content (AvgIpc) is 2.53. The van der Waals surface area contributed by atoms with Crippen LogP contribution in [0, 0.1) is 5.41 Å². The van der Waals surface area contributed by atoms with Crippen molar-refractivity contribution in [1.82, 2.24) is 25.6 Å². The topological polar surface area (TPSA) is 50.9 Å². The van der Waals surface area contributed by atoms with Crippen LogP contribution in [-0.2, 0) is 4.79 Å². The summed E-state index contributed by atoms with van der Waals surface area (Å²) in [6.45, 7) is 11.1. The van der Waals surface area contributed by atoms with E-state index in [4.69, 9.17) is 0 Å². The second-order valence-electron chi connectivity index (χ2n) is 7.70. The van der Waals surface area contributed by atoms with E-state index in [1.54, 1.807) is 6.92 Å². The first-order chi connectivity index (χ1) is 11.1. The predicted molar refractivity (Wildman–Crippen MR) is 92.0 cm³/mol. The highest BCUT2D eigenvalue weighted by molar-refractivity contribution is 5.73. The molecule has 0 radical (unpaired) electrons. The molecule has 1 spiro atoms. The van der Waals surface area contributed by atoms with Crippen LogP contribution in [0.1, 0.15) is 32.6 Å². The third-order valence-corrected chi connectivity index (χ3v) is 6.10. The molecule has 2 heterocycles. The molecule has 1 aliphatic carbocycles. The van der Waals surface area contributed by atoms with E-state index in [-0.39, 0.29) is 5.91 Å². The molecule has 0 atom stereocenters. The Labute approximate surface area is 140 Å². The van der Waals surface area contributed by atoms with Crippen molar-refractivity contribution >= 4 is 5.91 Å². The number of carbonyl (C=O) groups excluding carboxylic acids is 1. The third kappa shape index (κ3) is 4.44. The van der Waals surface area contributed by atoms with Gasteiger partial charge in [0, 0.05) is 52.2 Å². The van der Waals surface area contributed by atoms with Crippen molar-refractivity contribution in [2.24, 2.45) is 5.41 Å². The summed E-state index contributed by atoms with van der Waals surface area (Å²) in [6.07, 6.45) is 5.03. The molecule has 2 aliphatic heterocycles. The number of amides is 1. The maximum absolute atomic E-state index is 11.1. The Morgan fingerprint density at radius 1 is 1.00 bits per heavy atom. The van der Waals surface area contributed by atoms with E-state index in [1.165, 1.54) is 65.0 Å². The zero-order valence-corrected chi connectivity index (χ0v) is 14.8. The number of nitrogens with one attached hydrogen (secondary N) is 2. The molecule has 23 heavy (non-hydrogen) atoms. The first kappa shape index (κ1) is 17.1. The number of nitrogens with zero attached hydrogens (tertiary/aromatic N) is 3. The summed E-state index contributed by atoms with van der Waals surface area (Å²) in [7, 11) is 2.01. The number of hydrazine groups is 1. The van der Waals surface area contributed by atoms with Crippen molar-refractivity contribution < 1.29 is 4.79 Å². The van der Waals surface area contributed by atoms with Crippen molar-refractivity contribution in [3.05, 3.63) is 0 Å². The number of carbonyl (C=O) groups is 1. The van der Waals surface area contributed by atoms with Crippen LogP contribution in [0.25, 0.3) is 0 Å². The minimum atomic E-state index is 0.126. The smallest absolute Gasteiger partial charge is 0.217 e. The van der Waals surface area contributed by atoms with Gasteiger partial charge in [0.05, 0.1) is 0 Å². The van der Waals surface area contributed by atoms with Crippen LogP contribution >= 0.6 is 0 Å². The molecule has 6 nitrogen and oxygen atoms in total. The Balaban J connectivity index is 1.31. The van der Waals surface area contributed by atoms with Crippen LogP contribution in [0.2, 0.25) is 0 Å². The molecule has 2 N–H and O–H groups in total. The van der Waals surface area contributed by atoms with Gasteiger partial charge in [-0.1, -0.05) is 0 Å². The lowest BCUT2D eigenvalue weighted by molar-refractivity contribution is -0.121. The lowest BCUT2D eigenvalue weighted by Crippen LogP contribution is -2.55. The molecular formula is C17H33N5O. The van der Waals surface area contributed by atoms with Gasteiger partial charge >= 0.3 is 0 Å². The molecule has 1 saturated carbocycles. The van der Waals surface area contributed by atoms with Crippen LogP contribution in [0.3, 0.4) is 0 Å². The van der Waals surface area contributed by atoms with E-state index in [2.05, 4.69) is 25.6 Å². The summed E-state index contributed by atoms with van der Waals surface area (Å²) < 4.78 is 0. The second kappa shape index (κ2) is 7.47. The van der Waals surface area contributed by atoms with Gasteiger partial charge in [0.25, 0.3) is 0 Å². The van der Waals surface area contributed by atoms with Crippen LogP contribution in [0.15, 0.2) is 0 Å².